The number of aromatic amines is 2. The highest BCUT2D eigenvalue weighted by atomic mass is 32.7. The van der Waals surface area contributed by atoms with Crippen LogP contribution in [0.3, 0.4) is 0 Å². The number of carbonyl (C=O) groups excluding carboxylic acids is 2. The van der Waals surface area contributed by atoms with Crippen LogP contribution in [-0.2, 0) is 95.1 Å². The number of aromatic nitrogens is 12. The number of ether oxygens (including phenoxy) is 4. The molecule has 6 aromatic rings. The summed E-state index contributed by atoms with van der Waals surface area (Å²) in [6, 6.07) is 0. The van der Waals surface area contributed by atoms with Crippen molar-refractivity contribution >= 4 is 139 Å². The number of aliphatic imine (C=N–C) groups is 1. The van der Waals surface area contributed by atoms with Crippen LogP contribution in [0.5, 0.6) is 0 Å². The Bertz CT molecular complexity index is 4240. The summed E-state index contributed by atoms with van der Waals surface area (Å²) in [5, 5.41) is 4.21. The first-order valence-electron chi connectivity index (χ1n) is 26.1. The van der Waals surface area contributed by atoms with Gasteiger partial charge in [-0.15, -0.1) is 0 Å². The average Bonchev–Trinajstić information content (AvgIpc) is 1.69. The van der Waals surface area contributed by atoms with Gasteiger partial charge in [-0.25, -0.2) is 47.3 Å². The molecule has 14 rings (SSSR count). The maximum atomic E-state index is 16.0. The lowest BCUT2D eigenvalue weighted by Crippen LogP contribution is -2.34. The van der Waals surface area contributed by atoms with Crippen LogP contribution >= 0.6 is 39.2 Å². The van der Waals surface area contributed by atoms with Gasteiger partial charge in [0.1, 0.15) is 48.8 Å². The van der Waals surface area contributed by atoms with Gasteiger partial charge >= 0.3 is 27.0 Å². The summed E-state index contributed by atoms with van der Waals surface area (Å²) < 4.78 is 134. The summed E-state index contributed by atoms with van der Waals surface area (Å²) in [6.45, 7) is -19.6. The zero-order valence-corrected chi connectivity index (χ0v) is 51.4. The molecule has 9 N–H and O–H groups in total. The molecule has 47 heteroatoms. The molecule has 0 saturated carbocycles. The summed E-state index contributed by atoms with van der Waals surface area (Å²) in [4.78, 5) is 115. The number of fused-ring (bicyclic) bond motifs is 10. The van der Waals surface area contributed by atoms with Gasteiger partial charge in [0.25, 0.3) is 11.1 Å². The van der Waals surface area contributed by atoms with Crippen LogP contribution in [0, 0.1) is 0 Å². The number of thiol groups is 1. The number of H-pyrrole nitrogens is 2. The molecule has 36 nitrogen and oxygen atoms in total. The zero-order chi connectivity index (χ0) is 62.8. The molecule has 0 amide bonds. The SMILES string of the molecule is Nc1nc2c(ncn2[C@@H]2O[C@@H]3COP(O)(=S)O[C@H]4C[C@H](c5cnc6n5N=CCC6=O)O[C@@H]4COP(=O)(S)O[C@@H]2[C@@H]3F)c(=O)[nH]1.Nc1nc2c(ncn2[C@@H]2O[C@@H]3COP(O)(=S)O[C@H]4[C@H](F)[C@H](n5cnc6c5N=CCC6=O)O[C@@H]4COP(O)(=S)O[C@@H]2[C@@H]3F)c(=O)[nH]1. The quantitative estimate of drug-likeness (QED) is 0.0921. The second kappa shape index (κ2) is 23.9. The standard InChI is InChI=1S/C21H22F2N8O10P2S2.C21H23FN8O10P2S2/c22-10-8-3-36-42(34,44)40-14-9(39-19(11(14)23)30-5-26-12-7(32)1-2-25-16(12)30)4-37-43(35,45)41-15(10)20(38-8)31-6-27-13-17(31)28-21(24)29-18(13)33;22-14-13-6-36-41(33,43)39-11-3-10(8-4-24-17-9(31)1-2-26-30(8)17)37-12(11)5-35-42(34,44)40-16(14)20(38-13)29-7-25-15-18(29)27-21(23)28-19(15)32/h2,5-6,8-11,14-15,19-20H,1,3-4H2,(H,34,44)(H,35,45)(H3,24,28,29,33);2,4,7,10-14,16,20H,1,3,5-6H2,(H,33,43)(H,34,44)(H3,23,27,28,32)/t8-,9-,10-,11+,14-,15-,19-,20-,42?,43?;10-,11+,12-,13-,14-,16-,20-,41?,42?/m11/s1. The lowest BCUT2D eigenvalue weighted by molar-refractivity contribution is -0.0601. The normalized spacial score (nSPS) is 38.3. The minimum absolute atomic E-state index is 0.0152. The van der Waals surface area contributed by atoms with E-state index in [1.165, 1.54) is 38.8 Å². The van der Waals surface area contributed by atoms with Gasteiger partial charge < -0.3 is 63.2 Å². The summed E-state index contributed by atoms with van der Waals surface area (Å²) >= 11 is 19.5. The number of nitrogens with two attached hydrogens (primary N) is 2. The second-order valence-corrected chi connectivity index (χ2v) is 31.6. The monoisotopic (exact) mass is 1400 g/mol. The van der Waals surface area contributed by atoms with E-state index in [9.17, 15) is 38.4 Å². The van der Waals surface area contributed by atoms with Crippen molar-refractivity contribution in [1.29, 1.82) is 0 Å². The van der Waals surface area contributed by atoms with E-state index in [-0.39, 0.29) is 82.4 Å². The third-order valence-electron chi connectivity index (χ3n) is 14.7. The fourth-order valence-corrected chi connectivity index (χ4v) is 16.5. The molecular formula is C42H45F3N16O20P4S4. The third-order valence-corrected chi connectivity index (χ3v) is 21.0. The Balaban J connectivity index is 0.000000164. The summed E-state index contributed by atoms with van der Waals surface area (Å²) in [5.41, 5.74) is 10.0. The van der Waals surface area contributed by atoms with Crippen LogP contribution in [0.1, 0.15) is 70.9 Å². The Labute approximate surface area is 514 Å². The number of anilines is 2. The Morgan fingerprint density at radius 2 is 1.13 bits per heavy atom. The Kier molecular flexibility index (Phi) is 16.9. The minimum atomic E-state index is -4.36. The Morgan fingerprint density at radius 3 is 1.75 bits per heavy atom. The highest BCUT2D eigenvalue weighted by Gasteiger charge is 2.56. The highest BCUT2D eigenvalue weighted by Crippen LogP contribution is 2.60. The highest BCUT2D eigenvalue weighted by molar-refractivity contribution is 8.44. The molecule has 4 unspecified atom stereocenters. The topological polar surface area (TPSA) is 462 Å². The van der Waals surface area contributed by atoms with E-state index in [0.717, 1.165) is 17.2 Å². The smallest absolute Gasteiger partial charge is 0.369 e. The molecule has 89 heavy (non-hydrogen) atoms. The minimum Gasteiger partial charge on any atom is -0.369 e. The van der Waals surface area contributed by atoms with Gasteiger partial charge in [0.05, 0.1) is 69.8 Å². The molecule has 19 atom stereocenters. The molecule has 8 aliphatic heterocycles. The average molecular weight is 1400 g/mol. The van der Waals surface area contributed by atoms with Crippen molar-refractivity contribution in [3.63, 3.8) is 0 Å². The van der Waals surface area contributed by atoms with E-state index in [1.807, 2.05) is 0 Å². The van der Waals surface area contributed by atoms with Crippen LogP contribution in [0.25, 0.3) is 22.3 Å². The van der Waals surface area contributed by atoms with Gasteiger partial charge in [-0.1, -0.05) is 12.2 Å². The van der Waals surface area contributed by atoms with Gasteiger partial charge in [0.2, 0.25) is 17.7 Å². The van der Waals surface area contributed by atoms with Crippen molar-refractivity contribution in [1.82, 2.24) is 58.2 Å². The lowest BCUT2D eigenvalue weighted by Gasteiger charge is -2.27. The van der Waals surface area contributed by atoms with Crippen LogP contribution in [0.2, 0.25) is 0 Å². The van der Waals surface area contributed by atoms with Crippen LogP contribution in [0.15, 0.2) is 44.9 Å². The number of alkyl halides is 3. The maximum Gasteiger partial charge on any atom is 0.386 e. The lowest BCUT2D eigenvalue weighted by atomic mass is 10.1. The maximum absolute atomic E-state index is 16.0. The van der Waals surface area contributed by atoms with Gasteiger partial charge in [-0.05, 0) is 35.4 Å². The molecule has 4 bridgehead atoms. The summed E-state index contributed by atoms with van der Waals surface area (Å²) in [6.07, 6.45) is -14.6. The fraction of sp³-hybridized carbons (Fsp3) is 0.524. The van der Waals surface area contributed by atoms with E-state index in [0.29, 0.717) is 5.69 Å². The number of halogens is 3. The molecule has 6 aromatic heterocycles. The molecule has 0 aromatic carbocycles. The van der Waals surface area contributed by atoms with Gasteiger partial charge in [0, 0.05) is 25.3 Å². The molecular weight excluding hydrogens is 1360 g/mol. The van der Waals surface area contributed by atoms with Crippen LogP contribution < -0.4 is 22.6 Å². The zero-order valence-electron chi connectivity index (χ0n) is 44.5. The van der Waals surface area contributed by atoms with Crippen LogP contribution in [-0.4, -0.2) is 191 Å². The van der Waals surface area contributed by atoms with E-state index in [2.05, 4.69) is 62.2 Å². The van der Waals surface area contributed by atoms with Crippen molar-refractivity contribution in [2.75, 3.05) is 37.9 Å². The number of imidazole rings is 4. The van der Waals surface area contributed by atoms with Crippen molar-refractivity contribution < 1.29 is 97.1 Å². The fourth-order valence-electron chi connectivity index (χ4n) is 10.7. The number of Topliss-reactive ketones (excluding diaryl/α,β-unsaturated/α-hetero) is 2. The number of rotatable bonds is 4. The molecule has 478 valence electrons. The number of hydrogen-bond acceptors (Lipinski definition) is 30. The van der Waals surface area contributed by atoms with E-state index in [4.69, 9.17) is 102 Å². The first-order chi connectivity index (χ1) is 42.2. The number of hydrogen-bond donors (Lipinski definition) is 8. The van der Waals surface area contributed by atoms with Crippen molar-refractivity contribution in [2.24, 2.45) is 10.1 Å². The van der Waals surface area contributed by atoms with E-state index >= 15 is 13.2 Å². The molecule has 0 aliphatic carbocycles. The first kappa shape index (κ1) is 62.9. The molecule has 6 fully saturated rings. The second-order valence-electron chi connectivity index (χ2n) is 20.4. The van der Waals surface area contributed by atoms with E-state index < -0.39 is 157 Å². The van der Waals surface area contributed by atoms with E-state index in [1.54, 1.807) is 0 Å². The Hall–Kier alpha value is -4.88. The number of nitrogens with one attached hydrogen (secondary N) is 2. The summed E-state index contributed by atoms with van der Waals surface area (Å²) in [7, 11) is 0. The van der Waals surface area contributed by atoms with Crippen LogP contribution in [0.4, 0.5) is 30.9 Å². The number of nitrogen functional groups attached to an aromatic ring is 2. The molecule has 14 heterocycles. The van der Waals surface area contributed by atoms with Gasteiger partial charge in [-0.3, -0.25) is 60.9 Å². The third kappa shape index (κ3) is 12.3. The molecule has 0 radical (unpaired) electrons. The number of carbonyl (C=O) groups is 2. The van der Waals surface area contributed by atoms with Gasteiger partial charge in [0.15, 0.2) is 82.6 Å². The molecule has 6 saturated heterocycles. The van der Waals surface area contributed by atoms with Crippen molar-refractivity contribution in [3.8, 4) is 0 Å². The first-order valence-corrected chi connectivity index (χ1v) is 36.6. The summed E-state index contributed by atoms with van der Waals surface area (Å²) in [5.74, 6) is -0.879. The molecule has 8 aliphatic rings. The predicted octanol–water partition coefficient (Wildman–Crippen LogP) is 1.77. The largest absolute Gasteiger partial charge is 0.386 e. The molecule has 0 spiro atoms. The predicted molar refractivity (Wildman–Crippen MR) is 308 cm³/mol. The van der Waals surface area contributed by atoms with Gasteiger partial charge in [-0.2, -0.15) is 15.1 Å². The Morgan fingerprint density at radius 1 is 0.607 bits per heavy atom. The number of ketones is 2. The number of nitrogens with zero attached hydrogens (tertiary/aromatic N) is 12. The van der Waals surface area contributed by atoms with Crippen molar-refractivity contribution in [3.05, 3.63) is 63.1 Å². The van der Waals surface area contributed by atoms with Crippen molar-refractivity contribution in [2.45, 2.75) is 111 Å².